The molecule has 1 unspecified atom stereocenters. The second-order valence-corrected chi connectivity index (χ2v) is 14.5. The van der Waals surface area contributed by atoms with Crippen molar-refractivity contribution in [1.29, 1.82) is 0 Å². The van der Waals surface area contributed by atoms with E-state index in [0.29, 0.717) is 0 Å². The molecule has 0 aliphatic carbocycles. The quantitative estimate of drug-likeness (QED) is 0.174. The lowest BCUT2D eigenvalue weighted by Gasteiger charge is -2.25. The number of benzene rings is 8. The molecule has 0 fully saturated rings. The average Bonchev–Trinajstić information content (AvgIpc) is 3.48. The van der Waals surface area contributed by atoms with Gasteiger partial charge in [-0.25, -0.2) is 4.79 Å². The van der Waals surface area contributed by atoms with E-state index in [0.717, 1.165) is 55.8 Å². The summed E-state index contributed by atoms with van der Waals surface area (Å²) in [7, 11) is 3.64. The number of nitrogens with one attached hydrogen (secondary N) is 1. The summed E-state index contributed by atoms with van der Waals surface area (Å²) < 4.78 is 3.40. The van der Waals surface area contributed by atoms with Gasteiger partial charge in [0.15, 0.2) is 0 Å². The summed E-state index contributed by atoms with van der Waals surface area (Å²) in [5.74, 6) is 0. The molecule has 0 amide bonds. The SMILES string of the molecule is Cn1c(=O)n(C)c2cc(-c3cccc(C4=CC(c5cccc(-c6c7ccccc7c(-c7ccccc7)c7ccccc67)c5)=NC(c5ccccc5)N4)c3)ccc21. The molecule has 0 bridgehead atoms. The fourth-order valence-electron chi connectivity index (χ4n) is 8.39. The maximum absolute atomic E-state index is 12.7. The topological polar surface area (TPSA) is 51.3 Å². The Labute approximate surface area is 325 Å². The van der Waals surface area contributed by atoms with Gasteiger partial charge < -0.3 is 5.32 Å². The summed E-state index contributed by atoms with van der Waals surface area (Å²) in [5, 5.41) is 8.66. The van der Waals surface area contributed by atoms with E-state index >= 15 is 0 Å². The summed E-state index contributed by atoms with van der Waals surface area (Å²) in [6, 6.07) is 62.4. The maximum atomic E-state index is 12.7. The van der Waals surface area contributed by atoms with Crippen LogP contribution >= 0.6 is 0 Å². The number of fused-ring (bicyclic) bond motifs is 3. The number of aromatic nitrogens is 2. The van der Waals surface area contributed by atoms with Crippen LogP contribution in [-0.4, -0.2) is 14.8 Å². The Hall–Kier alpha value is -7.24. The first-order chi connectivity index (χ1) is 27.5. The van der Waals surface area contributed by atoms with Crippen LogP contribution in [0.15, 0.2) is 192 Å². The number of rotatable bonds is 6. The largest absolute Gasteiger partial charge is 0.360 e. The van der Waals surface area contributed by atoms with Crippen molar-refractivity contribution in [3.8, 4) is 33.4 Å². The molecule has 10 rings (SSSR count). The molecular formula is C51H38N4O. The average molecular weight is 723 g/mol. The van der Waals surface area contributed by atoms with Crippen molar-refractivity contribution in [2.24, 2.45) is 19.1 Å². The molecule has 1 atom stereocenters. The van der Waals surface area contributed by atoms with E-state index in [2.05, 4.69) is 175 Å². The molecule has 0 saturated heterocycles. The molecular weight excluding hydrogens is 685 g/mol. The Morgan fingerprint density at radius 1 is 0.464 bits per heavy atom. The van der Waals surface area contributed by atoms with Gasteiger partial charge in [-0.2, -0.15) is 0 Å². The van der Waals surface area contributed by atoms with Gasteiger partial charge in [0.05, 0.1) is 16.7 Å². The van der Waals surface area contributed by atoms with Crippen LogP contribution in [0, 0.1) is 0 Å². The Bertz CT molecular complexity index is 3040. The highest BCUT2D eigenvalue weighted by Crippen LogP contribution is 2.44. The van der Waals surface area contributed by atoms with Crippen molar-refractivity contribution < 1.29 is 0 Å². The van der Waals surface area contributed by atoms with E-state index in [1.165, 1.54) is 38.2 Å². The van der Waals surface area contributed by atoms with E-state index in [-0.39, 0.29) is 11.9 Å². The van der Waals surface area contributed by atoms with E-state index in [1.54, 1.807) is 9.13 Å². The van der Waals surface area contributed by atoms with Crippen molar-refractivity contribution in [2.45, 2.75) is 6.17 Å². The minimum Gasteiger partial charge on any atom is -0.360 e. The predicted octanol–water partition coefficient (Wildman–Crippen LogP) is 11.3. The standard InChI is InChI=1S/C51H38N4O/c1-54-46-28-27-36(31-47(46)55(2)51(54)56)35-19-13-20-37(29-35)44-32-45(53-50(52-44)34-17-7-4-8-18-34)38-21-14-22-39(30-38)49-42-25-11-9-23-40(42)48(33-15-5-3-6-16-33)41-24-10-12-26-43(41)49/h3-32,50,52H,1-2H3. The van der Waals surface area contributed by atoms with Gasteiger partial charge in [-0.15, -0.1) is 0 Å². The number of imidazole rings is 1. The summed E-state index contributed by atoms with van der Waals surface area (Å²) in [6.45, 7) is 0. The number of aryl methyl sites for hydroxylation is 2. The van der Waals surface area contributed by atoms with E-state index in [9.17, 15) is 4.79 Å². The van der Waals surface area contributed by atoms with Gasteiger partial charge in [0, 0.05) is 25.4 Å². The zero-order valence-electron chi connectivity index (χ0n) is 31.1. The van der Waals surface area contributed by atoms with E-state index in [1.807, 2.05) is 26.2 Å². The third-order valence-electron chi connectivity index (χ3n) is 11.2. The number of hydrogen-bond donors (Lipinski definition) is 1. The third kappa shape index (κ3) is 5.64. The van der Waals surface area contributed by atoms with Crippen LogP contribution in [0.4, 0.5) is 0 Å². The summed E-state index contributed by atoms with van der Waals surface area (Å²) in [5.41, 5.74) is 13.9. The molecule has 1 aliphatic heterocycles. The second kappa shape index (κ2) is 13.6. The predicted molar refractivity (Wildman–Crippen MR) is 233 cm³/mol. The summed E-state index contributed by atoms with van der Waals surface area (Å²) >= 11 is 0. The fraction of sp³-hybridized carbons (Fsp3) is 0.0588. The lowest BCUT2D eigenvalue weighted by molar-refractivity contribution is 0.664. The van der Waals surface area contributed by atoms with E-state index < -0.39 is 0 Å². The van der Waals surface area contributed by atoms with Gasteiger partial charge in [-0.3, -0.25) is 14.1 Å². The minimum absolute atomic E-state index is 0.0316. The number of aliphatic imine (C=N–C) groups is 1. The monoisotopic (exact) mass is 722 g/mol. The molecule has 5 heteroatoms. The maximum Gasteiger partial charge on any atom is 0.328 e. The highest BCUT2D eigenvalue weighted by atomic mass is 16.1. The second-order valence-electron chi connectivity index (χ2n) is 14.5. The number of hydrogen-bond acceptors (Lipinski definition) is 3. The molecule has 2 heterocycles. The van der Waals surface area contributed by atoms with Crippen LogP contribution in [0.2, 0.25) is 0 Å². The molecule has 56 heavy (non-hydrogen) atoms. The molecule has 0 radical (unpaired) electrons. The molecule has 0 spiro atoms. The summed E-state index contributed by atoms with van der Waals surface area (Å²) in [4.78, 5) is 18.0. The smallest absolute Gasteiger partial charge is 0.328 e. The van der Waals surface area contributed by atoms with Gasteiger partial charge >= 0.3 is 5.69 Å². The Kier molecular flexibility index (Phi) is 8.07. The lowest BCUT2D eigenvalue weighted by atomic mass is 9.85. The molecule has 1 N–H and O–H groups in total. The first-order valence-corrected chi connectivity index (χ1v) is 19.0. The Balaban J connectivity index is 1.11. The van der Waals surface area contributed by atoms with Crippen molar-refractivity contribution in [3.05, 3.63) is 209 Å². The summed E-state index contributed by atoms with van der Waals surface area (Å²) in [6.07, 6.45) is 1.90. The van der Waals surface area contributed by atoms with Crippen molar-refractivity contribution in [3.63, 3.8) is 0 Å². The molecule has 268 valence electrons. The van der Waals surface area contributed by atoms with Gasteiger partial charge in [-0.1, -0.05) is 152 Å². The first-order valence-electron chi connectivity index (χ1n) is 19.0. The van der Waals surface area contributed by atoms with Crippen LogP contribution in [0.5, 0.6) is 0 Å². The lowest BCUT2D eigenvalue weighted by Crippen LogP contribution is -2.24. The van der Waals surface area contributed by atoms with Gasteiger partial charge in [0.2, 0.25) is 0 Å². The van der Waals surface area contributed by atoms with Crippen molar-refractivity contribution in [2.75, 3.05) is 0 Å². The normalized spacial score (nSPS) is 14.1. The van der Waals surface area contributed by atoms with Crippen LogP contribution in [-0.2, 0) is 14.1 Å². The van der Waals surface area contributed by atoms with Gasteiger partial charge in [-0.05, 0) is 96.4 Å². The molecule has 5 nitrogen and oxygen atoms in total. The van der Waals surface area contributed by atoms with E-state index in [4.69, 9.17) is 4.99 Å². The third-order valence-corrected chi connectivity index (χ3v) is 11.2. The zero-order valence-corrected chi connectivity index (χ0v) is 31.1. The molecule has 8 aromatic carbocycles. The van der Waals surface area contributed by atoms with Crippen molar-refractivity contribution >= 4 is 44.0 Å². The number of nitrogens with zero attached hydrogens (tertiary/aromatic N) is 3. The molecule has 9 aromatic rings. The highest BCUT2D eigenvalue weighted by molar-refractivity contribution is 6.22. The van der Waals surface area contributed by atoms with Crippen LogP contribution in [0.3, 0.4) is 0 Å². The van der Waals surface area contributed by atoms with Gasteiger partial charge in [0.1, 0.15) is 6.17 Å². The van der Waals surface area contributed by atoms with Crippen LogP contribution in [0.25, 0.3) is 71.7 Å². The molecule has 0 saturated carbocycles. The Morgan fingerprint density at radius 2 is 0.964 bits per heavy atom. The van der Waals surface area contributed by atoms with Gasteiger partial charge in [0.25, 0.3) is 0 Å². The van der Waals surface area contributed by atoms with Crippen LogP contribution < -0.4 is 11.0 Å². The molecule has 1 aliphatic rings. The minimum atomic E-state index is -0.277. The molecule has 1 aromatic heterocycles. The number of allylic oxidation sites excluding steroid dienone is 1. The fourth-order valence-corrected chi connectivity index (χ4v) is 8.39. The zero-order chi connectivity index (χ0) is 37.8. The van der Waals surface area contributed by atoms with Crippen LogP contribution in [0.1, 0.15) is 22.9 Å². The first kappa shape index (κ1) is 33.3. The Morgan fingerprint density at radius 3 is 1.64 bits per heavy atom. The van der Waals surface area contributed by atoms with Crippen molar-refractivity contribution in [1.82, 2.24) is 14.5 Å². The highest BCUT2D eigenvalue weighted by Gasteiger charge is 2.22.